The van der Waals surface area contributed by atoms with Gasteiger partial charge in [-0.15, -0.1) is 0 Å². The van der Waals surface area contributed by atoms with E-state index < -0.39 is 5.97 Å². The molecule has 110 valence electrons. The first-order valence-corrected chi connectivity index (χ1v) is 6.45. The van der Waals surface area contributed by atoms with Crippen molar-refractivity contribution >= 4 is 17.9 Å². The topological polar surface area (TPSA) is 108 Å². The summed E-state index contributed by atoms with van der Waals surface area (Å²) in [6.45, 7) is 4.97. The van der Waals surface area contributed by atoms with E-state index in [1.165, 1.54) is 0 Å². The Hall–Kier alpha value is -1.79. The molecule has 4 N–H and O–H groups in total. The molecule has 1 unspecified atom stereocenters. The number of carbonyl (C=O) groups is 3. The Bertz CT molecular complexity index is 307. The van der Waals surface area contributed by atoms with Crippen LogP contribution in [0.1, 0.15) is 33.1 Å². The Morgan fingerprint density at radius 2 is 1.79 bits per heavy atom. The molecule has 0 saturated carbocycles. The van der Waals surface area contributed by atoms with Crippen molar-refractivity contribution in [2.24, 2.45) is 5.92 Å². The van der Waals surface area contributed by atoms with Crippen LogP contribution >= 0.6 is 0 Å². The molecule has 0 aromatic rings. The van der Waals surface area contributed by atoms with Crippen molar-refractivity contribution in [1.82, 2.24) is 16.0 Å². The molecule has 0 aromatic heterocycles. The van der Waals surface area contributed by atoms with Gasteiger partial charge in [0.05, 0.1) is 0 Å². The maximum Gasteiger partial charge on any atom is 0.314 e. The molecule has 0 radical (unpaired) electrons. The van der Waals surface area contributed by atoms with Crippen LogP contribution in [0.5, 0.6) is 0 Å². The predicted molar refractivity (Wildman–Crippen MR) is 70.7 cm³/mol. The molecule has 0 fully saturated rings. The van der Waals surface area contributed by atoms with Crippen LogP contribution in [0.15, 0.2) is 0 Å². The fraction of sp³-hybridized carbons (Fsp3) is 0.750. The van der Waals surface area contributed by atoms with Crippen LogP contribution in [-0.2, 0) is 9.59 Å². The fourth-order valence-electron chi connectivity index (χ4n) is 1.38. The second kappa shape index (κ2) is 10.2. The summed E-state index contributed by atoms with van der Waals surface area (Å²) in [7, 11) is 0. The molecule has 19 heavy (non-hydrogen) atoms. The lowest BCUT2D eigenvalue weighted by molar-refractivity contribution is -0.137. The number of urea groups is 1. The molecule has 1 atom stereocenters. The molecule has 3 amide bonds. The van der Waals surface area contributed by atoms with Crippen molar-refractivity contribution in [2.75, 3.05) is 19.6 Å². The summed E-state index contributed by atoms with van der Waals surface area (Å²) in [6, 6.07) is -0.341. The number of hydrogen-bond acceptors (Lipinski definition) is 3. The van der Waals surface area contributed by atoms with Crippen molar-refractivity contribution in [3.63, 3.8) is 0 Å². The van der Waals surface area contributed by atoms with Crippen molar-refractivity contribution in [3.8, 4) is 0 Å². The molecule has 0 rings (SSSR count). The van der Waals surface area contributed by atoms with E-state index in [0.717, 1.165) is 0 Å². The van der Waals surface area contributed by atoms with Crippen LogP contribution in [0.4, 0.5) is 4.79 Å². The smallest absolute Gasteiger partial charge is 0.314 e. The van der Waals surface area contributed by atoms with E-state index in [-0.39, 0.29) is 37.2 Å². The highest BCUT2D eigenvalue weighted by Gasteiger charge is 2.07. The Kier molecular flexibility index (Phi) is 9.20. The highest BCUT2D eigenvalue weighted by atomic mass is 16.4. The van der Waals surface area contributed by atoms with E-state index in [1.54, 1.807) is 0 Å². The van der Waals surface area contributed by atoms with Crippen LogP contribution in [0.25, 0.3) is 0 Å². The molecule has 0 aromatic carbocycles. The van der Waals surface area contributed by atoms with E-state index >= 15 is 0 Å². The minimum absolute atomic E-state index is 0.0989. The second-order valence-corrected chi connectivity index (χ2v) is 4.38. The monoisotopic (exact) mass is 273 g/mol. The van der Waals surface area contributed by atoms with Gasteiger partial charge in [-0.3, -0.25) is 9.59 Å². The van der Waals surface area contributed by atoms with Crippen LogP contribution in [0.2, 0.25) is 0 Å². The molecule has 0 spiro atoms. The summed E-state index contributed by atoms with van der Waals surface area (Å²) >= 11 is 0. The maximum absolute atomic E-state index is 11.4. The van der Waals surface area contributed by atoms with Crippen molar-refractivity contribution in [2.45, 2.75) is 33.1 Å². The molecule has 0 aliphatic rings. The molecule has 0 bridgehead atoms. The van der Waals surface area contributed by atoms with Gasteiger partial charge in [0.15, 0.2) is 0 Å². The van der Waals surface area contributed by atoms with Gasteiger partial charge in [0.2, 0.25) is 5.91 Å². The van der Waals surface area contributed by atoms with Crippen LogP contribution in [0, 0.1) is 5.92 Å². The minimum atomic E-state index is -0.835. The number of carboxylic acid groups (broad SMARTS) is 1. The Morgan fingerprint density at radius 3 is 2.37 bits per heavy atom. The molecular formula is C12H23N3O4. The molecular weight excluding hydrogens is 250 g/mol. The van der Waals surface area contributed by atoms with Crippen molar-refractivity contribution < 1.29 is 19.5 Å². The summed E-state index contributed by atoms with van der Waals surface area (Å²) in [5.74, 6) is -0.832. The van der Waals surface area contributed by atoms with Crippen LogP contribution in [-0.4, -0.2) is 42.6 Å². The zero-order valence-electron chi connectivity index (χ0n) is 11.5. The van der Waals surface area contributed by atoms with Gasteiger partial charge in [-0.1, -0.05) is 6.92 Å². The number of carbonyl (C=O) groups excluding carboxylic acids is 2. The standard InChI is InChI=1S/C12H23N3O4/c1-3-13-10(16)6-7-14-12(19)15-8-9(2)4-5-11(17)18/h9H,3-8H2,1-2H3,(H,13,16)(H,17,18)(H2,14,15,19). The molecule has 7 heteroatoms. The normalized spacial score (nSPS) is 11.5. The Morgan fingerprint density at radius 1 is 1.11 bits per heavy atom. The van der Waals surface area contributed by atoms with Gasteiger partial charge in [-0.2, -0.15) is 0 Å². The number of amides is 3. The van der Waals surface area contributed by atoms with Gasteiger partial charge in [0.1, 0.15) is 0 Å². The molecule has 0 saturated heterocycles. The van der Waals surface area contributed by atoms with E-state index in [2.05, 4.69) is 16.0 Å². The van der Waals surface area contributed by atoms with Crippen LogP contribution in [0.3, 0.4) is 0 Å². The van der Waals surface area contributed by atoms with E-state index in [1.807, 2.05) is 13.8 Å². The fourth-order valence-corrected chi connectivity index (χ4v) is 1.38. The number of hydrogen-bond donors (Lipinski definition) is 4. The van der Waals surface area contributed by atoms with Gasteiger partial charge < -0.3 is 21.1 Å². The van der Waals surface area contributed by atoms with Crippen molar-refractivity contribution in [1.29, 1.82) is 0 Å². The first-order chi connectivity index (χ1) is 8.95. The quantitative estimate of drug-likeness (QED) is 0.485. The lowest BCUT2D eigenvalue weighted by Crippen LogP contribution is -2.39. The highest BCUT2D eigenvalue weighted by molar-refractivity contribution is 5.78. The number of nitrogens with one attached hydrogen (secondary N) is 3. The second-order valence-electron chi connectivity index (χ2n) is 4.38. The summed E-state index contributed by atoms with van der Waals surface area (Å²) in [5.41, 5.74) is 0. The van der Waals surface area contributed by atoms with E-state index in [9.17, 15) is 14.4 Å². The Labute approximate surface area is 113 Å². The zero-order chi connectivity index (χ0) is 14.7. The molecule has 7 nitrogen and oxygen atoms in total. The average Bonchev–Trinajstić information content (AvgIpc) is 2.34. The zero-order valence-corrected chi connectivity index (χ0v) is 11.5. The maximum atomic E-state index is 11.4. The number of carboxylic acids is 1. The van der Waals surface area contributed by atoms with E-state index in [4.69, 9.17) is 5.11 Å². The lowest BCUT2D eigenvalue weighted by atomic mass is 10.1. The summed E-state index contributed by atoms with van der Waals surface area (Å²) in [5, 5.41) is 16.3. The lowest BCUT2D eigenvalue weighted by Gasteiger charge is -2.12. The molecule has 0 aliphatic heterocycles. The first-order valence-electron chi connectivity index (χ1n) is 6.45. The minimum Gasteiger partial charge on any atom is -0.481 e. The predicted octanol–water partition coefficient (Wildman–Crippen LogP) is 0.313. The average molecular weight is 273 g/mol. The van der Waals surface area contributed by atoms with Gasteiger partial charge in [0, 0.05) is 32.5 Å². The van der Waals surface area contributed by atoms with Gasteiger partial charge >= 0.3 is 12.0 Å². The third-order valence-corrected chi connectivity index (χ3v) is 2.47. The van der Waals surface area contributed by atoms with Crippen LogP contribution < -0.4 is 16.0 Å². The third kappa shape index (κ3) is 11.1. The summed E-state index contributed by atoms with van der Waals surface area (Å²) in [6.07, 6.45) is 0.867. The Balaban J connectivity index is 3.58. The first kappa shape index (κ1) is 17.2. The number of rotatable bonds is 9. The molecule has 0 heterocycles. The third-order valence-electron chi connectivity index (χ3n) is 2.47. The van der Waals surface area contributed by atoms with Crippen molar-refractivity contribution in [3.05, 3.63) is 0 Å². The van der Waals surface area contributed by atoms with Gasteiger partial charge in [-0.05, 0) is 19.3 Å². The SMILES string of the molecule is CCNC(=O)CCNC(=O)NCC(C)CCC(=O)O. The van der Waals surface area contributed by atoms with Gasteiger partial charge in [0.25, 0.3) is 0 Å². The molecule has 0 aliphatic carbocycles. The summed E-state index contributed by atoms with van der Waals surface area (Å²) < 4.78 is 0. The van der Waals surface area contributed by atoms with Gasteiger partial charge in [-0.25, -0.2) is 4.79 Å². The highest BCUT2D eigenvalue weighted by Crippen LogP contribution is 2.03. The number of aliphatic carboxylic acids is 1. The largest absolute Gasteiger partial charge is 0.481 e. The summed E-state index contributed by atoms with van der Waals surface area (Å²) in [4.78, 5) is 32.8. The van der Waals surface area contributed by atoms with E-state index in [0.29, 0.717) is 19.5 Å².